The largest absolute Gasteiger partial charge is 0.573 e. The fraction of sp³-hybridized carbons (Fsp3) is 0.600. The van der Waals surface area contributed by atoms with Gasteiger partial charge in [0.2, 0.25) is 0 Å². The monoisotopic (exact) mass is 560 g/mol. The van der Waals surface area contributed by atoms with Crippen LogP contribution >= 0.6 is 11.3 Å². The second kappa shape index (κ2) is 9.53. The zero-order valence-corrected chi connectivity index (χ0v) is 23.4. The van der Waals surface area contributed by atoms with Crippen LogP contribution in [0.25, 0.3) is 5.57 Å². The Hall–Kier alpha value is -2.55. The van der Waals surface area contributed by atoms with Gasteiger partial charge in [-0.25, -0.2) is 4.98 Å². The fourth-order valence-corrected chi connectivity index (χ4v) is 9.39. The molecular formula is C30H35F3N2O3S. The number of allylic oxidation sites excluding steroid dienone is 2. The number of aromatic nitrogens is 1. The summed E-state index contributed by atoms with van der Waals surface area (Å²) in [6, 6.07) is 5.75. The van der Waals surface area contributed by atoms with E-state index in [-0.39, 0.29) is 28.7 Å². The van der Waals surface area contributed by atoms with Gasteiger partial charge in [0.15, 0.2) is 5.13 Å². The van der Waals surface area contributed by atoms with Crippen molar-refractivity contribution in [1.82, 2.24) is 4.98 Å². The molecule has 1 aromatic heterocycles. The van der Waals surface area contributed by atoms with E-state index in [0.29, 0.717) is 29.9 Å². The number of halogens is 3. The van der Waals surface area contributed by atoms with Crippen LogP contribution in [0, 0.1) is 28.6 Å². The topological polar surface area (TPSA) is 60.5 Å². The Labute approximate surface area is 231 Å². The molecule has 2 fully saturated rings. The first-order valence-corrected chi connectivity index (χ1v) is 14.8. The first-order valence-electron chi connectivity index (χ1n) is 14.0. The number of nitrogens with one attached hydrogen (secondary N) is 1. The molecule has 4 aliphatic carbocycles. The minimum absolute atomic E-state index is 0.0382. The van der Waals surface area contributed by atoms with Crippen molar-refractivity contribution in [2.45, 2.75) is 84.6 Å². The number of fused-ring (bicyclic) bond motifs is 7. The first-order chi connectivity index (χ1) is 18.5. The molecule has 6 atom stereocenters. The molecule has 0 unspecified atom stereocenters. The second-order valence-electron chi connectivity index (χ2n) is 12.1. The van der Waals surface area contributed by atoms with E-state index in [2.05, 4.69) is 30.0 Å². The zero-order chi connectivity index (χ0) is 27.6. The van der Waals surface area contributed by atoms with Crippen LogP contribution in [0.3, 0.4) is 0 Å². The maximum absolute atomic E-state index is 12.5. The van der Waals surface area contributed by atoms with Crippen LogP contribution in [-0.4, -0.2) is 23.4 Å². The van der Waals surface area contributed by atoms with Crippen LogP contribution in [0.15, 0.2) is 30.3 Å². The van der Waals surface area contributed by atoms with E-state index in [1.54, 1.807) is 23.5 Å². The Morgan fingerprint density at radius 1 is 1.13 bits per heavy atom. The van der Waals surface area contributed by atoms with Crippen LogP contribution < -0.4 is 10.1 Å². The minimum atomic E-state index is -4.71. The summed E-state index contributed by atoms with van der Waals surface area (Å²) in [5, 5.41) is 4.03. The van der Waals surface area contributed by atoms with Crippen molar-refractivity contribution in [3.05, 3.63) is 40.9 Å². The molecule has 1 aromatic carbocycles. The third kappa shape index (κ3) is 4.64. The number of hydrogen-bond acceptors (Lipinski definition) is 6. The number of esters is 1. The highest BCUT2D eigenvalue weighted by Gasteiger charge is 2.60. The van der Waals surface area contributed by atoms with E-state index in [1.165, 1.54) is 22.6 Å². The molecule has 1 N–H and O–H groups in total. The number of nitrogens with zero attached hydrogens (tertiary/aromatic N) is 1. The van der Waals surface area contributed by atoms with Gasteiger partial charge >= 0.3 is 12.3 Å². The highest BCUT2D eigenvalue weighted by molar-refractivity contribution is 7.16. The summed E-state index contributed by atoms with van der Waals surface area (Å²) >= 11 is 1.64. The number of carbonyl (C=O) groups is 1. The maximum Gasteiger partial charge on any atom is 0.573 e. The Morgan fingerprint density at radius 2 is 1.90 bits per heavy atom. The molecular weight excluding hydrogens is 525 g/mol. The van der Waals surface area contributed by atoms with Crippen molar-refractivity contribution in [2.24, 2.45) is 28.6 Å². The summed E-state index contributed by atoms with van der Waals surface area (Å²) in [6.07, 6.45) is 5.60. The number of ether oxygens (including phenoxy) is 2. The van der Waals surface area contributed by atoms with E-state index in [0.717, 1.165) is 55.8 Å². The van der Waals surface area contributed by atoms with Gasteiger partial charge in [-0.1, -0.05) is 38.2 Å². The maximum atomic E-state index is 12.5. The number of rotatable bonds is 5. The van der Waals surface area contributed by atoms with Crippen molar-refractivity contribution >= 4 is 33.7 Å². The van der Waals surface area contributed by atoms with Gasteiger partial charge in [-0.15, -0.1) is 13.2 Å². The molecule has 2 saturated carbocycles. The quantitative estimate of drug-likeness (QED) is 0.373. The summed E-state index contributed by atoms with van der Waals surface area (Å²) in [6.45, 7) is 6.66. The first kappa shape index (κ1) is 26.7. The summed E-state index contributed by atoms with van der Waals surface area (Å²) in [5.41, 5.74) is 3.35. The lowest BCUT2D eigenvalue weighted by molar-refractivity contribution is -0.274. The SMILES string of the molecule is CCC(=O)O[C@H]1CC[C@H]2[C@@H]3CC=C4c5sc(Nc6ccc(OC(F)(F)F)cc6)nc5CC[C@]4(C)[C@H]3CC[C@]12C. The molecule has 6 rings (SSSR count). The number of anilines is 2. The van der Waals surface area contributed by atoms with Crippen LogP contribution in [0.2, 0.25) is 0 Å². The lowest BCUT2D eigenvalue weighted by Crippen LogP contribution is -2.50. The molecule has 0 aliphatic heterocycles. The normalized spacial score (nSPS) is 33.2. The van der Waals surface area contributed by atoms with Crippen molar-refractivity contribution in [3.63, 3.8) is 0 Å². The number of hydrogen-bond donors (Lipinski definition) is 1. The summed E-state index contributed by atoms with van der Waals surface area (Å²) < 4.78 is 47.4. The summed E-state index contributed by atoms with van der Waals surface area (Å²) in [5.74, 6) is 1.45. The second-order valence-corrected chi connectivity index (χ2v) is 13.1. The molecule has 2 aromatic rings. The molecule has 0 spiro atoms. The third-order valence-corrected chi connectivity index (χ3v) is 11.1. The molecule has 5 nitrogen and oxygen atoms in total. The minimum Gasteiger partial charge on any atom is -0.462 e. The van der Waals surface area contributed by atoms with Crippen molar-refractivity contribution in [1.29, 1.82) is 0 Å². The van der Waals surface area contributed by atoms with Gasteiger partial charge in [0.05, 0.1) is 10.6 Å². The van der Waals surface area contributed by atoms with Gasteiger partial charge < -0.3 is 14.8 Å². The van der Waals surface area contributed by atoms with Crippen LogP contribution in [0.5, 0.6) is 5.75 Å². The van der Waals surface area contributed by atoms with E-state index in [4.69, 9.17) is 9.72 Å². The van der Waals surface area contributed by atoms with Gasteiger partial charge in [0.1, 0.15) is 11.9 Å². The van der Waals surface area contributed by atoms with Gasteiger partial charge in [-0.2, -0.15) is 0 Å². The Bertz CT molecular complexity index is 1290. The van der Waals surface area contributed by atoms with Gasteiger partial charge in [0.25, 0.3) is 0 Å². The van der Waals surface area contributed by atoms with E-state index in [9.17, 15) is 18.0 Å². The zero-order valence-electron chi connectivity index (χ0n) is 22.6. The highest BCUT2D eigenvalue weighted by Crippen LogP contribution is 2.66. The molecule has 0 amide bonds. The molecule has 0 radical (unpaired) electrons. The molecule has 0 saturated heterocycles. The average molecular weight is 561 g/mol. The predicted octanol–water partition coefficient (Wildman–Crippen LogP) is 8.29. The van der Waals surface area contributed by atoms with Crippen LogP contribution in [0.1, 0.15) is 76.3 Å². The van der Waals surface area contributed by atoms with Crippen molar-refractivity contribution < 1.29 is 27.4 Å². The van der Waals surface area contributed by atoms with Gasteiger partial charge in [0, 0.05) is 17.5 Å². The van der Waals surface area contributed by atoms with E-state index in [1.807, 2.05) is 6.92 Å². The molecule has 39 heavy (non-hydrogen) atoms. The predicted molar refractivity (Wildman–Crippen MR) is 145 cm³/mol. The Kier molecular flexibility index (Phi) is 6.51. The number of aryl methyl sites for hydroxylation is 1. The van der Waals surface area contributed by atoms with Gasteiger partial charge in [-0.3, -0.25) is 4.79 Å². The summed E-state index contributed by atoms with van der Waals surface area (Å²) in [4.78, 5) is 18.2. The smallest absolute Gasteiger partial charge is 0.462 e. The Morgan fingerprint density at radius 3 is 2.62 bits per heavy atom. The molecule has 4 aliphatic rings. The van der Waals surface area contributed by atoms with E-state index >= 15 is 0 Å². The summed E-state index contributed by atoms with van der Waals surface area (Å²) in [7, 11) is 0. The third-order valence-electron chi connectivity index (χ3n) is 10.1. The highest BCUT2D eigenvalue weighted by atomic mass is 32.1. The lowest BCUT2D eigenvalue weighted by Gasteiger charge is -2.56. The molecule has 0 bridgehead atoms. The lowest BCUT2D eigenvalue weighted by atomic mass is 9.48. The fourth-order valence-electron chi connectivity index (χ4n) is 8.18. The standard InChI is InChI=1S/C30H35F3N2O3S/c1-4-25(36)37-24-12-11-20-19-9-10-22-26-23(14-16-28(22,2)21(19)13-15-29(20,24)3)35-27(39-26)34-17-5-7-18(8-6-17)38-30(31,32)33/h5-8,10,19-21,24H,4,9,11-16H2,1-3H3,(H,34,35)/t19-,20-,21-,24-,28+,29-/m0/s1. The number of benzene rings is 1. The van der Waals surface area contributed by atoms with Crippen molar-refractivity contribution in [2.75, 3.05) is 5.32 Å². The number of alkyl halides is 3. The van der Waals surface area contributed by atoms with E-state index < -0.39 is 6.36 Å². The number of carbonyl (C=O) groups excluding carboxylic acids is 1. The van der Waals surface area contributed by atoms with Crippen LogP contribution in [-0.2, 0) is 16.0 Å². The number of thiazole rings is 1. The average Bonchev–Trinajstić information content (AvgIpc) is 3.44. The molecule has 9 heteroatoms. The van der Waals surface area contributed by atoms with Crippen molar-refractivity contribution in [3.8, 4) is 5.75 Å². The Balaban J connectivity index is 1.21. The molecule has 1 heterocycles. The van der Waals surface area contributed by atoms with Gasteiger partial charge in [-0.05, 0) is 98.0 Å². The van der Waals surface area contributed by atoms with Crippen LogP contribution in [0.4, 0.5) is 24.0 Å². The molecule has 210 valence electrons.